The number of benzene rings is 1. The zero-order valence-electron chi connectivity index (χ0n) is 12.0. The number of nitrogens with zero attached hydrogens (tertiary/aromatic N) is 3. The van der Waals surface area contributed by atoms with Crippen molar-refractivity contribution in [2.45, 2.75) is 24.9 Å². The van der Waals surface area contributed by atoms with E-state index in [1.54, 1.807) is 4.57 Å². The van der Waals surface area contributed by atoms with Gasteiger partial charge < -0.3 is 4.98 Å². The van der Waals surface area contributed by atoms with Crippen LogP contribution in [0.5, 0.6) is 0 Å². The number of imidazole rings is 1. The summed E-state index contributed by atoms with van der Waals surface area (Å²) in [6.07, 6.45) is 2.78. The molecule has 108 valence electrons. The lowest BCUT2D eigenvalue weighted by Crippen LogP contribution is -2.24. The number of fused-ring (bicyclic) bond motifs is 1. The van der Waals surface area contributed by atoms with E-state index in [0.29, 0.717) is 17.2 Å². The highest BCUT2D eigenvalue weighted by Gasteiger charge is 2.15. The average molecular weight is 300 g/mol. The summed E-state index contributed by atoms with van der Waals surface area (Å²) in [6.45, 7) is 2.65. The molecule has 6 heteroatoms. The zero-order chi connectivity index (χ0) is 14.8. The van der Waals surface area contributed by atoms with Crippen LogP contribution in [0.1, 0.15) is 13.3 Å². The number of hydrogen-bond donors (Lipinski definition) is 1. The van der Waals surface area contributed by atoms with Crippen molar-refractivity contribution in [1.82, 2.24) is 19.5 Å². The van der Waals surface area contributed by atoms with E-state index in [2.05, 4.69) is 15.0 Å². The van der Waals surface area contributed by atoms with Crippen molar-refractivity contribution in [3.8, 4) is 11.4 Å². The van der Waals surface area contributed by atoms with Gasteiger partial charge in [-0.3, -0.25) is 4.57 Å². The van der Waals surface area contributed by atoms with Gasteiger partial charge in [0.15, 0.2) is 5.65 Å². The minimum Gasteiger partial charge on any atom is -0.334 e. The van der Waals surface area contributed by atoms with Gasteiger partial charge in [0.1, 0.15) is 16.4 Å². The summed E-state index contributed by atoms with van der Waals surface area (Å²) in [6, 6.07) is 9.89. The summed E-state index contributed by atoms with van der Waals surface area (Å²) in [4.78, 5) is 24.2. The average Bonchev–Trinajstić information content (AvgIpc) is 2.96. The monoisotopic (exact) mass is 300 g/mol. The maximum Gasteiger partial charge on any atom is 0.350 e. The van der Waals surface area contributed by atoms with Crippen molar-refractivity contribution >= 4 is 22.9 Å². The predicted molar refractivity (Wildman–Crippen MR) is 85.7 cm³/mol. The molecule has 5 nitrogen and oxygen atoms in total. The van der Waals surface area contributed by atoms with Crippen molar-refractivity contribution in [2.24, 2.45) is 0 Å². The van der Waals surface area contributed by atoms with Gasteiger partial charge in [0, 0.05) is 12.1 Å². The fraction of sp³-hybridized carbons (Fsp3) is 0.267. The number of thioether (sulfide) groups is 1. The molecule has 0 atom stereocenters. The summed E-state index contributed by atoms with van der Waals surface area (Å²) in [5.74, 6) is 0.762. The highest BCUT2D eigenvalue weighted by Crippen LogP contribution is 2.25. The lowest BCUT2D eigenvalue weighted by atomic mass is 10.2. The minimum absolute atomic E-state index is 0.236. The van der Waals surface area contributed by atoms with Crippen LogP contribution in [0.15, 0.2) is 40.2 Å². The van der Waals surface area contributed by atoms with E-state index >= 15 is 0 Å². The van der Waals surface area contributed by atoms with Gasteiger partial charge in [-0.1, -0.05) is 37.3 Å². The van der Waals surface area contributed by atoms with E-state index in [0.717, 1.165) is 23.3 Å². The second kappa shape index (κ2) is 5.73. The first-order valence-electron chi connectivity index (χ1n) is 6.84. The molecule has 0 fully saturated rings. The van der Waals surface area contributed by atoms with Crippen LogP contribution in [0, 0.1) is 0 Å². The molecule has 0 unspecified atom stereocenters. The van der Waals surface area contributed by atoms with Gasteiger partial charge in [-0.05, 0) is 12.7 Å². The molecule has 3 aromatic rings. The van der Waals surface area contributed by atoms with Gasteiger partial charge in [0.2, 0.25) is 0 Å². The molecule has 0 saturated carbocycles. The SMILES string of the molecule is CCCn1c(=O)nc(SC)c2[nH]c(-c3ccccc3)nc21. The molecular formula is C15H16N4OS. The Kier molecular flexibility index (Phi) is 3.79. The minimum atomic E-state index is -0.236. The van der Waals surface area contributed by atoms with Gasteiger partial charge in [0.25, 0.3) is 0 Å². The highest BCUT2D eigenvalue weighted by atomic mass is 32.2. The third-order valence-corrected chi connectivity index (χ3v) is 3.95. The summed E-state index contributed by atoms with van der Waals surface area (Å²) < 4.78 is 1.64. The first-order chi connectivity index (χ1) is 10.2. The molecule has 3 rings (SSSR count). The van der Waals surface area contributed by atoms with Gasteiger partial charge in [0.05, 0.1) is 0 Å². The summed E-state index contributed by atoms with van der Waals surface area (Å²) in [5, 5.41) is 0.692. The Hall–Kier alpha value is -2.08. The molecule has 0 aliphatic carbocycles. The van der Waals surface area contributed by atoms with Gasteiger partial charge in [-0.25, -0.2) is 9.78 Å². The number of nitrogens with one attached hydrogen (secondary N) is 1. The van der Waals surface area contributed by atoms with Crippen LogP contribution >= 0.6 is 11.8 Å². The van der Waals surface area contributed by atoms with Crippen molar-refractivity contribution in [2.75, 3.05) is 6.26 Å². The van der Waals surface area contributed by atoms with Crippen LogP contribution in [0.3, 0.4) is 0 Å². The largest absolute Gasteiger partial charge is 0.350 e. The Morgan fingerprint density at radius 2 is 2.00 bits per heavy atom. The van der Waals surface area contributed by atoms with Crippen LogP contribution in [0.4, 0.5) is 0 Å². The van der Waals surface area contributed by atoms with E-state index in [-0.39, 0.29) is 5.69 Å². The Balaban J connectivity index is 2.28. The molecule has 1 aromatic carbocycles. The smallest absolute Gasteiger partial charge is 0.334 e. The van der Waals surface area contributed by atoms with Crippen LogP contribution in [0.25, 0.3) is 22.6 Å². The predicted octanol–water partition coefficient (Wildman–Crippen LogP) is 2.92. The number of aryl methyl sites for hydroxylation is 1. The van der Waals surface area contributed by atoms with E-state index < -0.39 is 0 Å². The molecule has 0 spiro atoms. The third-order valence-electron chi connectivity index (χ3n) is 3.27. The molecule has 2 heterocycles. The number of hydrogen-bond acceptors (Lipinski definition) is 4. The topological polar surface area (TPSA) is 63.6 Å². The Morgan fingerprint density at radius 1 is 1.24 bits per heavy atom. The molecule has 0 aliphatic heterocycles. The van der Waals surface area contributed by atoms with Crippen LogP contribution < -0.4 is 5.69 Å². The van der Waals surface area contributed by atoms with Crippen LogP contribution in [0.2, 0.25) is 0 Å². The second-order valence-corrected chi connectivity index (χ2v) is 5.50. The number of H-pyrrole nitrogens is 1. The van der Waals surface area contributed by atoms with E-state index in [1.165, 1.54) is 11.8 Å². The molecule has 0 radical (unpaired) electrons. The van der Waals surface area contributed by atoms with Crippen molar-refractivity contribution in [3.05, 3.63) is 40.8 Å². The summed E-state index contributed by atoms with van der Waals surface area (Å²) in [7, 11) is 0. The quantitative estimate of drug-likeness (QED) is 0.594. The van der Waals surface area contributed by atoms with Gasteiger partial charge >= 0.3 is 5.69 Å². The Bertz CT molecular complexity index is 823. The zero-order valence-corrected chi connectivity index (χ0v) is 12.8. The maximum absolute atomic E-state index is 12.1. The molecule has 0 amide bonds. The number of aromatic amines is 1. The lowest BCUT2D eigenvalue weighted by Gasteiger charge is -2.05. The molecule has 1 N–H and O–H groups in total. The molecule has 2 aromatic heterocycles. The maximum atomic E-state index is 12.1. The Labute approximate surface area is 126 Å². The lowest BCUT2D eigenvalue weighted by molar-refractivity contribution is 0.648. The fourth-order valence-electron chi connectivity index (χ4n) is 2.31. The van der Waals surface area contributed by atoms with Crippen LogP contribution in [-0.4, -0.2) is 25.8 Å². The number of rotatable bonds is 4. The molecule has 21 heavy (non-hydrogen) atoms. The van der Waals surface area contributed by atoms with E-state index in [9.17, 15) is 4.79 Å². The Morgan fingerprint density at radius 3 is 2.67 bits per heavy atom. The van der Waals surface area contributed by atoms with Gasteiger partial charge in [-0.2, -0.15) is 4.98 Å². The standard InChI is InChI=1S/C15H16N4OS/c1-3-9-19-13-11(14(21-2)18-15(19)20)16-12(17-13)10-7-5-4-6-8-10/h4-8H,3,9H2,1-2H3,(H,16,17). The van der Waals surface area contributed by atoms with Crippen molar-refractivity contribution in [3.63, 3.8) is 0 Å². The molecular weight excluding hydrogens is 284 g/mol. The normalized spacial score (nSPS) is 11.1. The molecule has 0 saturated heterocycles. The van der Waals surface area contributed by atoms with E-state index in [4.69, 9.17) is 0 Å². The molecule has 0 aliphatic rings. The second-order valence-electron chi connectivity index (χ2n) is 4.71. The fourth-order valence-corrected chi connectivity index (χ4v) is 2.82. The first kappa shape index (κ1) is 13.9. The van der Waals surface area contributed by atoms with E-state index in [1.807, 2.05) is 43.5 Å². The summed E-state index contributed by atoms with van der Waals surface area (Å²) in [5.41, 5.74) is 2.27. The third kappa shape index (κ3) is 2.47. The summed E-state index contributed by atoms with van der Waals surface area (Å²) >= 11 is 1.45. The first-order valence-corrected chi connectivity index (χ1v) is 8.07. The van der Waals surface area contributed by atoms with Gasteiger partial charge in [-0.15, -0.1) is 11.8 Å². The van der Waals surface area contributed by atoms with Crippen molar-refractivity contribution < 1.29 is 0 Å². The number of aromatic nitrogens is 4. The molecule has 0 bridgehead atoms. The van der Waals surface area contributed by atoms with Crippen molar-refractivity contribution in [1.29, 1.82) is 0 Å². The highest BCUT2D eigenvalue weighted by molar-refractivity contribution is 7.98. The van der Waals surface area contributed by atoms with Crippen LogP contribution in [-0.2, 0) is 6.54 Å².